The number of aromatic amines is 1. The Balaban J connectivity index is 1.40. The van der Waals surface area contributed by atoms with E-state index >= 15 is 0 Å². The van der Waals surface area contributed by atoms with Gasteiger partial charge in [0.25, 0.3) is 0 Å². The Hall–Kier alpha value is -1.99. The monoisotopic (exact) mass is 321 g/mol. The zero-order valence-corrected chi connectivity index (χ0v) is 12.8. The molecule has 6 nitrogen and oxygen atoms in total. The molecule has 2 aromatic rings. The standard InChI is InChI=1S/C16H20FN3O3/c17-12-1-2-13-14(7-12)20-15(19-13)9-23-10-16(21)18-8-11-3-5-22-6-4-11/h1-2,7,11H,3-6,8-10H2,(H,18,21)(H,19,20). The summed E-state index contributed by atoms with van der Waals surface area (Å²) in [7, 11) is 0. The van der Waals surface area contributed by atoms with Gasteiger partial charge in [-0.2, -0.15) is 0 Å². The molecule has 0 atom stereocenters. The van der Waals surface area contributed by atoms with E-state index in [-0.39, 0.29) is 24.9 Å². The minimum atomic E-state index is -0.318. The first-order chi connectivity index (χ1) is 11.2. The van der Waals surface area contributed by atoms with Gasteiger partial charge in [-0.15, -0.1) is 0 Å². The summed E-state index contributed by atoms with van der Waals surface area (Å²) in [6.07, 6.45) is 1.97. The maximum absolute atomic E-state index is 13.1. The van der Waals surface area contributed by atoms with E-state index in [1.165, 1.54) is 12.1 Å². The van der Waals surface area contributed by atoms with Crippen molar-refractivity contribution in [2.75, 3.05) is 26.4 Å². The third kappa shape index (κ3) is 4.49. The molecule has 2 N–H and O–H groups in total. The number of nitrogens with zero attached hydrogens (tertiary/aromatic N) is 1. The van der Waals surface area contributed by atoms with Crippen LogP contribution in [0.2, 0.25) is 0 Å². The molecule has 0 spiro atoms. The van der Waals surface area contributed by atoms with Crippen LogP contribution in [0.3, 0.4) is 0 Å². The quantitative estimate of drug-likeness (QED) is 0.850. The van der Waals surface area contributed by atoms with Crippen molar-refractivity contribution in [2.45, 2.75) is 19.4 Å². The molecule has 1 aliphatic heterocycles. The topological polar surface area (TPSA) is 76.2 Å². The molecule has 0 radical (unpaired) electrons. The second-order valence-electron chi connectivity index (χ2n) is 5.70. The molecule has 1 amide bonds. The van der Waals surface area contributed by atoms with Gasteiger partial charge >= 0.3 is 0 Å². The van der Waals surface area contributed by atoms with Crippen LogP contribution in [0.1, 0.15) is 18.7 Å². The minimum absolute atomic E-state index is 0.0192. The molecule has 0 unspecified atom stereocenters. The van der Waals surface area contributed by atoms with E-state index in [4.69, 9.17) is 9.47 Å². The Morgan fingerprint density at radius 3 is 3.09 bits per heavy atom. The molecule has 1 saturated heterocycles. The summed E-state index contributed by atoms with van der Waals surface area (Å²) in [4.78, 5) is 19.0. The SMILES string of the molecule is O=C(COCc1nc2ccc(F)cc2[nH]1)NCC1CCOCC1. The number of nitrogens with one attached hydrogen (secondary N) is 2. The molecule has 2 heterocycles. The van der Waals surface area contributed by atoms with Crippen LogP contribution in [0, 0.1) is 11.7 Å². The molecule has 1 fully saturated rings. The smallest absolute Gasteiger partial charge is 0.246 e. The van der Waals surface area contributed by atoms with Crippen LogP contribution in [0.25, 0.3) is 11.0 Å². The number of hydrogen-bond donors (Lipinski definition) is 2. The fraction of sp³-hybridized carbons (Fsp3) is 0.500. The molecule has 1 aliphatic rings. The highest BCUT2D eigenvalue weighted by Crippen LogP contribution is 2.14. The number of fused-ring (bicyclic) bond motifs is 1. The summed E-state index contributed by atoms with van der Waals surface area (Å²) in [5, 5.41) is 2.87. The van der Waals surface area contributed by atoms with Crippen LogP contribution in [0.15, 0.2) is 18.2 Å². The number of H-pyrrole nitrogens is 1. The number of rotatable bonds is 6. The average molecular weight is 321 g/mol. The lowest BCUT2D eigenvalue weighted by atomic mass is 10.0. The number of imidazole rings is 1. The summed E-state index contributed by atoms with van der Waals surface area (Å²) >= 11 is 0. The second-order valence-corrected chi connectivity index (χ2v) is 5.70. The van der Waals surface area contributed by atoms with Crippen molar-refractivity contribution in [1.82, 2.24) is 15.3 Å². The predicted octanol–water partition coefficient (Wildman–Crippen LogP) is 1.76. The highest BCUT2D eigenvalue weighted by molar-refractivity contribution is 5.77. The number of hydrogen-bond acceptors (Lipinski definition) is 4. The summed E-state index contributed by atoms with van der Waals surface area (Å²) in [6.45, 7) is 2.36. The predicted molar refractivity (Wildman–Crippen MR) is 82.3 cm³/mol. The number of benzene rings is 1. The molecule has 1 aromatic heterocycles. The van der Waals surface area contributed by atoms with Gasteiger partial charge in [0.1, 0.15) is 24.9 Å². The van der Waals surface area contributed by atoms with Crippen LogP contribution in [-0.2, 0) is 20.9 Å². The van der Waals surface area contributed by atoms with Gasteiger partial charge in [0, 0.05) is 19.8 Å². The van der Waals surface area contributed by atoms with E-state index in [2.05, 4.69) is 15.3 Å². The van der Waals surface area contributed by atoms with Gasteiger partial charge < -0.3 is 19.8 Å². The third-order valence-electron chi connectivity index (χ3n) is 3.89. The zero-order valence-electron chi connectivity index (χ0n) is 12.8. The first-order valence-corrected chi connectivity index (χ1v) is 7.77. The zero-order chi connectivity index (χ0) is 16.1. The Kier molecular flexibility index (Phi) is 5.19. The Morgan fingerprint density at radius 1 is 1.43 bits per heavy atom. The number of aromatic nitrogens is 2. The Labute approximate surface area is 133 Å². The van der Waals surface area contributed by atoms with Crippen LogP contribution in [0.4, 0.5) is 4.39 Å². The van der Waals surface area contributed by atoms with Crippen molar-refractivity contribution < 1.29 is 18.7 Å². The molecule has 1 aromatic carbocycles. The fourth-order valence-electron chi connectivity index (χ4n) is 2.60. The van der Waals surface area contributed by atoms with Gasteiger partial charge in [-0.05, 0) is 37.0 Å². The van der Waals surface area contributed by atoms with E-state index in [0.29, 0.717) is 29.3 Å². The molecule has 7 heteroatoms. The number of amides is 1. The molecule has 0 aliphatic carbocycles. The highest BCUT2D eigenvalue weighted by Gasteiger charge is 2.14. The van der Waals surface area contributed by atoms with Crippen molar-refractivity contribution in [3.05, 3.63) is 29.8 Å². The van der Waals surface area contributed by atoms with E-state index in [0.717, 1.165) is 26.1 Å². The summed E-state index contributed by atoms with van der Waals surface area (Å²) in [5.41, 5.74) is 1.29. The first kappa shape index (κ1) is 15.9. The lowest BCUT2D eigenvalue weighted by Gasteiger charge is -2.22. The molecule has 0 saturated carbocycles. The number of carbonyl (C=O) groups excluding carboxylic acids is 1. The van der Waals surface area contributed by atoms with Gasteiger partial charge in [-0.3, -0.25) is 4.79 Å². The third-order valence-corrected chi connectivity index (χ3v) is 3.89. The summed E-state index contributed by atoms with van der Waals surface area (Å²) < 4.78 is 23.7. The highest BCUT2D eigenvalue weighted by atomic mass is 19.1. The van der Waals surface area contributed by atoms with Crippen molar-refractivity contribution in [2.24, 2.45) is 5.92 Å². The molecule has 0 bridgehead atoms. The number of carbonyl (C=O) groups is 1. The van der Waals surface area contributed by atoms with Crippen LogP contribution in [-0.4, -0.2) is 42.2 Å². The lowest BCUT2D eigenvalue weighted by Crippen LogP contribution is -2.34. The molecule has 3 rings (SSSR count). The second kappa shape index (κ2) is 7.52. The molecular formula is C16H20FN3O3. The molecular weight excluding hydrogens is 301 g/mol. The van der Waals surface area contributed by atoms with Crippen LogP contribution >= 0.6 is 0 Å². The summed E-state index contributed by atoms with van der Waals surface area (Å²) in [6, 6.07) is 4.34. The fourth-order valence-corrected chi connectivity index (χ4v) is 2.60. The Bertz CT molecular complexity index is 668. The van der Waals surface area contributed by atoms with Gasteiger partial charge in [0.15, 0.2) is 0 Å². The number of ether oxygens (including phenoxy) is 2. The van der Waals surface area contributed by atoms with E-state index in [9.17, 15) is 9.18 Å². The first-order valence-electron chi connectivity index (χ1n) is 7.77. The maximum Gasteiger partial charge on any atom is 0.246 e. The van der Waals surface area contributed by atoms with Crippen molar-refractivity contribution in [1.29, 1.82) is 0 Å². The van der Waals surface area contributed by atoms with Gasteiger partial charge in [-0.1, -0.05) is 0 Å². The molecule has 124 valence electrons. The maximum atomic E-state index is 13.1. The van der Waals surface area contributed by atoms with Crippen molar-refractivity contribution in [3.8, 4) is 0 Å². The average Bonchev–Trinajstić information content (AvgIpc) is 2.95. The van der Waals surface area contributed by atoms with Gasteiger partial charge in [0.05, 0.1) is 11.0 Å². The van der Waals surface area contributed by atoms with Crippen molar-refractivity contribution in [3.63, 3.8) is 0 Å². The molecule has 23 heavy (non-hydrogen) atoms. The summed E-state index contributed by atoms with van der Waals surface area (Å²) in [5.74, 6) is 0.598. The van der Waals surface area contributed by atoms with E-state index in [1.54, 1.807) is 6.07 Å². The van der Waals surface area contributed by atoms with E-state index < -0.39 is 0 Å². The normalized spacial score (nSPS) is 15.9. The van der Waals surface area contributed by atoms with Crippen LogP contribution in [0.5, 0.6) is 0 Å². The largest absolute Gasteiger partial charge is 0.381 e. The Morgan fingerprint density at radius 2 is 2.26 bits per heavy atom. The van der Waals surface area contributed by atoms with Gasteiger partial charge in [-0.25, -0.2) is 9.37 Å². The minimum Gasteiger partial charge on any atom is -0.381 e. The lowest BCUT2D eigenvalue weighted by molar-refractivity contribution is -0.126. The number of halogens is 1. The van der Waals surface area contributed by atoms with Crippen molar-refractivity contribution >= 4 is 16.9 Å². The van der Waals surface area contributed by atoms with Crippen LogP contribution < -0.4 is 5.32 Å². The van der Waals surface area contributed by atoms with Gasteiger partial charge in [0.2, 0.25) is 5.91 Å². The van der Waals surface area contributed by atoms with E-state index in [1.807, 2.05) is 0 Å².